The zero-order valence-electron chi connectivity index (χ0n) is 14.8. The first-order valence-corrected chi connectivity index (χ1v) is 8.44. The van der Waals surface area contributed by atoms with Crippen molar-refractivity contribution in [2.75, 3.05) is 18.4 Å². The van der Waals surface area contributed by atoms with Gasteiger partial charge in [-0.3, -0.25) is 14.6 Å². The fourth-order valence-electron chi connectivity index (χ4n) is 3.45. The number of halogens is 1. The minimum Gasteiger partial charge on any atom is -0.382 e. The van der Waals surface area contributed by atoms with Crippen molar-refractivity contribution in [3.05, 3.63) is 41.0 Å². The van der Waals surface area contributed by atoms with Gasteiger partial charge in [0, 0.05) is 50.2 Å². The van der Waals surface area contributed by atoms with Crippen LogP contribution >= 0.6 is 0 Å². The molecular formula is C18H23FN6. The SMILES string of the molecule is Cc1cc(NC[C@@H]2C[C@H](F)CN2Cc2cnn(C)c2)c(C#N)c(C)n1. The first kappa shape index (κ1) is 17.4. The highest BCUT2D eigenvalue weighted by atomic mass is 19.1. The summed E-state index contributed by atoms with van der Waals surface area (Å²) in [6.07, 6.45) is 3.46. The monoisotopic (exact) mass is 342 g/mol. The van der Waals surface area contributed by atoms with E-state index >= 15 is 0 Å². The van der Waals surface area contributed by atoms with Crippen LogP contribution in [0.3, 0.4) is 0 Å². The van der Waals surface area contributed by atoms with Gasteiger partial charge in [0.05, 0.1) is 23.1 Å². The smallest absolute Gasteiger partial charge is 0.114 e. The molecule has 1 aliphatic rings. The number of nitriles is 1. The van der Waals surface area contributed by atoms with Crippen molar-refractivity contribution >= 4 is 5.69 Å². The summed E-state index contributed by atoms with van der Waals surface area (Å²) in [6.45, 7) is 5.44. The van der Waals surface area contributed by atoms with Crippen molar-refractivity contribution in [2.45, 2.75) is 39.0 Å². The number of anilines is 1. The van der Waals surface area contributed by atoms with E-state index in [9.17, 15) is 9.65 Å². The Labute approximate surface area is 147 Å². The van der Waals surface area contributed by atoms with E-state index in [1.807, 2.05) is 39.4 Å². The topological polar surface area (TPSA) is 69.8 Å². The molecule has 0 aromatic carbocycles. The Hall–Kier alpha value is -2.46. The molecule has 2 aromatic rings. The molecule has 1 fully saturated rings. The van der Waals surface area contributed by atoms with E-state index in [1.54, 1.807) is 4.68 Å². The third kappa shape index (κ3) is 3.97. The molecule has 0 radical (unpaired) electrons. The van der Waals surface area contributed by atoms with Gasteiger partial charge in [-0.15, -0.1) is 0 Å². The Morgan fingerprint density at radius 2 is 2.24 bits per heavy atom. The standard InChI is InChI=1S/C18H23FN6/c1-12-4-18(17(6-20)13(2)23-12)21-8-16-5-15(19)11-25(16)10-14-7-22-24(3)9-14/h4,7,9,15-16H,5,8,10-11H2,1-3H3,(H,21,23)/t15-,16-/m0/s1. The summed E-state index contributed by atoms with van der Waals surface area (Å²) in [5, 5.41) is 16.9. The van der Waals surface area contributed by atoms with Crippen molar-refractivity contribution in [2.24, 2.45) is 7.05 Å². The van der Waals surface area contributed by atoms with E-state index in [-0.39, 0.29) is 6.04 Å². The summed E-state index contributed by atoms with van der Waals surface area (Å²) in [5.74, 6) is 0. The second-order valence-electron chi connectivity index (χ2n) is 6.70. The summed E-state index contributed by atoms with van der Waals surface area (Å²) in [5.41, 5.74) is 3.98. The number of pyridine rings is 1. The molecule has 25 heavy (non-hydrogen) atoms. The Morgan fingerprint density at radius 1 is 1.44 bits per heavy atom. The van der Waals surface area contributed by atoms with Crippen molar-refractivity contribution in [1.29, 1.82) is 5.26 Å². The largest absolute Gasteiger partial charge is 0.382 e. The van der Waals surface area contributed by atoms with Gasteiger partial charge in [0.2, 0.25) is 0 Å². The van der Waals surface area contributed by atoms with Crippen LogP contribution in [0.5, 0.6) is 0 Å². The number of aryl methyl sites for hydroxylation is 3. The lowest BCUT2D eigenvalue weighted by atomic mass is 10.1. The van der Waals surface area contributed by atoms with E-state index in [4.69, 9.17) is 0 Å². The molecule has 132 valence electrons. The van der Waals surface area contributed by atoms with Crippen LogP contribution in [0.4, 0.5) is 10.1 Å². The average Bonchev–Trinajstić information content (AvgIpc) is 3.10. The fraction of sp³-hybridized carbons (Fsp3) is 0.500. The van der Waals surface area contributed by atoms with Crippen molar-refractivity contribution in [3.8, 4) is 6.07 Å². The molecule has 0 aliphatic carbocycles. The molecule has 3 rings (SSSR count). The van der Waals surface area contributed by atoms with E-state index < -0.39 is 6.17 Å². The Morgan fingerprint density at radius 3 is 2.92 bits per heavy atom. The third-order valence-electron chi connectivity index (χ3n) is 4.59. The number of likely N-dealkylation sites (tertiary alicyclic amines) is 1. The van der Waals surface area contributed by atoms with E-state index in [0.717, 1.165) is 16.9 Å². The van der Waals surface area contributed by atoms with Gasteiger partial charge in [-0.1, -0.05) is 0 Å². The summed E-state index contributed by atoms with van der Waals surface area (Å²) in [4.78, 5) is 6.47. The van der Waals surface area contributed by atoms with Crippen molar-refractivity contribution in [1.82, 2.24) is 19.7 Å². The van der Waals surface area contributed by atoms with Crippen molar-refractivity contribution in [3.63, 3.8) is 0 Å². The van der Waals surface area contributed by atoms with Crippen LogP contribution in [-0.2, 0) is 13.6 Å². The Balaban J connectivity index is 1.70. The molecule has 0 saturated carbocycles. The predicted octanol–water partition coefficient (Wildman–Crippen LogP) is 2.33. The summed E-state index contributed by atoms with van der Waals surface area (Å²) >= 11 is 0. The first-order valence-electron chi connectivity index (χ1n) is 8.44. The highest BCUT2D eigenvalue weighted by molar-refractivity contribution is 5.59. The Bertz CT molecular complexity index is 793. The maximum atomic E-state index is 14.0. The van der Waals surface area contributed by atoms with Crippen LogP contribution in [0.2, 0.25) is 0 Å². The van der Waals surface area contributed by atoms with Crippen LogP contribution in [-0.4, -0.2) is 45.0 Å². The molecular weight excluding hydrogens is 319 g/mol. The molecule has 1 aliphatic heterocycles. The number of hydrogen-bond acceptors (Lipinski definition) is 5. The maximum Gasteiger partial charge on any atom is 0.114 e. The lowest BCUT2D eigenvalue weighted by Gasteiger charge is -2.24. The molecule has 0 amide bonds. The third-order valence-corrected chi connectivity index (χ3v) is 4.59. The van der Waals surface area contributed by atoms with Gasteiger partial charge in [-0.05, 0) is 26.3 Å². The zero-order valence-corrected chi connectivity index (χ0v) is 14.8. The van der Waals surface area contributed by atoms with Crippen LogP contribution in [0.25, 0.3) is 0 Å². The van der Waals surface area contributed by atoms with Gasteiger partial charge >= 0.3 is 0 Å². The van der Waals surface area contributed by atoms with Gasteiger partial charge < -0.3 is 5.32 Å². The lowest BCUT2D eigenvalue weighted by molar-refractivity contribution is 0.241. The molecule has 1 saturated heterocycles. The average molecular weight is 342 g/mol. The highest BCUT2D eigenvalue weighted by Gasteiger charge is 2.32. The van der Waals surface area contributed by atoms with Crippen LogP contribution < -0.4 is 5.32 Å². The van der Waals surface area contributed by atoms with Gasteiger partial charge in [0.25, 0.3) is 0 Å². The van der Waals surface area contributed by atoms with Crippen LogP contribution in [0.15, 0.2) is 18.5 Å². The Kier molecular flexibility index (Phi) is 5.00. The van der Waals surface area contributed by atoms with Crippen LogP contribution in [0.1, 0.15) is 28.9 Å². The zero-order chi connectivity index (χ0) is 18.0. The molecule has 0 unspecified atom stereocenters. The summed E-state index contributed by atoms with van der Waals surface area (Å²) < 4.78 is 15.7. The molecule has 0 spiro atoms. The summed E-state index contributed by atoms with van der Waals surface area (Å²) in [6, 6.07) is 4.16. The molecule has 0 bridgehead atoms. The molecule has 1 N–H and O–H groups in total. The maximum absolute atomic E-state index is 14.0. The molecule has 2 atom stereocenters. The van der Waals surface area contributed by atoms with Gasteiger partial charge in [-0.2, -0.15) is 10.4 Å². The molecule has 7 heteroatoms. The van der Waals surface area contributed by atoms with E-state index in [1.165, 1.54) is 0 Å². The van der Waals surface area contributed by atoms with Gasteiger partial charge in [-0.25, -0.2) is 4.39 Å². The number of nitrogens with zero attached hydrogens (tertiary/aromatic N) is 5. The second-order valence-corrected chi connectivity index (χ2v) is 6.70. The van der Waals surface area contributed by atoms with Crippen molar-refractivity contribution < 1.29 is 4.39 Å². The molecule has 3 heterocycles. The van der Waals surface area contributed by atoms with E-state index in [2.05, 4.69) is 26.4 Å². The van der Waals surface area contributed by atoms with E-state index in [0.29, 0.717) is 37.3 Å². The first-order chi connectivity index (χ1) is 12.0. The highest BCUT2D eigenvalue weighted by Crippen LogP contribution is 2.24. The van der Waals surface area contributed by atoms with Gasteiger partial charge in [0.15, 0.2) is 0 Å². The summed E-state index contributed by atoms with van der Waals surface area (Å²) in [7, 11) is 1.88. The number of alkyl halides is 1. The lowest BCUT2D eigenvalue weighted by Crippen LogP contribution is -2.34. The predicted molar refractivity (Wildman–Crippen MR) is 93.8 cm³/mol. The minimum atomic E-state index is -0.820. The number of hydrogen-bond donors (Lipinski definition) is 1. The normalized spacial score (nSPS) is 20.6. The molecule has 2 aromatic heterocycles. The quantitative estimate of drug-likeness (QED) is 0.903. The number of rotatable bonds is 5. The second kappa shape index (κ2) is 7.19. The number of nitrogens with one attached hydrogen (secondary N) is 1. The minimum absolute atomic E-state index is 0.0792. The fourth-order valence-corrected chi connectivity index (χ4v) is 3.45. The van der Waals surface area contributed by atoms with Crippen LogP contribution in [0, 0.1) is 25.2 Å². The number of aromatic nitrogens is 3. The molecule has 6 nitrogen and oxygen atoms in total. The van der Waals surface area contributed by atoms with Gasteiger partial charge in [0.1, 0.15) is 12.2 Å².